The molecule has 2 aromatic carbocycles. The van der Waals surface area contributed by atoms with Crippen LogP contribution in [0.25, 0.3) is 12.2 Å². The van der Waals surface area contributed by atoms with Crippen LogP contribution in [0.15, 0.2) is 61.7 Å². The van der Waals surface area contributed by atoms with E-state index in [2.05, 4.69) is 89.9 Å². The molecule has 6 nitrogen and oxygen atoms in total. The van der Waals surface area contributed by atoms with Gasteiger partial charge in [-0.3, -0.25) is 0 Å². The normalized spacial score (nSPS) is 24.6. The van der Waals surface area contributed by atoms with E-state index in [0.29, 0.717) is 26.4 Å². The molecule has 2 heterocycles. The standard InChI is InChI=1S/C31H44N2O4/c1-7-25-9-13-27(14-10-25)17-32(3,4)19-29-34-21-31(22-35-29)23-36-30(37-24-31)20-33(5,6)18-28-15-11-26(8-2)12-16-28/h7-16,29-30H,1-2,17-24H2,3-6H3/q+2. The van der Waals surface area contributed by atoms with Crippen LogP contribution in [0, 0.1) is 5.41 Å². The molecule has 0 unspecified atom stereocenters. The van der Waals surface area contributed by atoms with Gasteiger partial charge in [0.15, 0.2) is 0 Å². The highest BCUT2D eigenvalue weighted by Gasteiger charge is 2.44. The van der Waals surface area contributed by atoms with Crippen LogP contribution in [0.3, 0.4) is 0 Å². The van der Waals surface area contributed by atoms with Crippen molar-refractivity contribution in [2.45, 2.75) is 25.7 Å². The Hall–Kier alpha value is -2.32. The minimum absolute atomic E-state index is 0.228. The Bertz CT molecular complexity index is 941. The lowest BCUT2D eigenvalue weighted by atomic mass is 9.91. The maximum atomic E-state index is 6.19. The summed E-state index contributed by atoms with van der Waals surface area (Å²) >= 11 is 0. The summed E-state index contributed by atoms with van der Waals surface area (Å²) in [5, 5.41) is 0. The molecule has 0 atom stereocenters. The van der Waals surface area contributed by atoms with Crippen LogP contribution in [-0.2, 0) is 32.0 Å². The van der Waals surface area contributed by atoms with E-state index in [9.17, 15) is 0 Å². The van der Waals surface area contributed by atoms with Gasteiger partial charge in [0, 0.05) is 11.1 Å². The van der Waals surface area contributed by atoms with Gasteiger partial charge in [-0.15, -0.1) is 0 Å². The third-order valence-corrected chi connectivity index (χ3v) is 7.24. The molecule has 200 valence electrons. The molecule has 1 spiro atoms. The number of benzene rings is 2. The predicted octanol–water partition coefficient (Wildman–Crippen LogP) is 4.56. The van der Waals surface area contributed by atoms with E-state index in [-0.39, 0.29) is 18.0 Å². The fourth-order valence-electron chi connectivity index (χ4n) is 5.08. The molecule has 2 fully saturated rings. The van der Waals surface area contributed by atoms with Gasteiger partial charge in [-0.05, 0) is 11.1 Å². The Morgan fingerprint density at radius 2 is 0.973 bits per heavy atom. The zero-order valence-corrected chi connectivity index (χ0v) is 23.0. The number of nitrogens with zero attached hydrogens (tertiary/aromatic N) is 2. The van der Waals surface area contributed by atoms with E-state index in [4.69, 9.17) is 18.9 Å². The van der Waals surface area contributed by atoms with Gasteiger partial charge in [0.1, 0.15) is 26.2 Å². The van der Waals surface area contributed by atoms with Crippen molar-refractivity contribution in [1.82, 2.24) is 0 Å². The first-order valence-electron chi connectivity index (χ1n) is 13.1. The molecule has 2 saturated heterocycles. The van der Waals surface area contributed by atoms with Gasteiger partial charge < -0.3 is 27.9 Å². The fraction of sp³-hybridized carbons (Fsp3) is 0.484. The van der Waals surface area contributed by atoms with Crippen LogP contribution < -0.4 is 0 Å². The average molecular weight is 509 g/mol. The Morgan fingerprint density at radius 1 is 0.649 bits per heavy atom. The lowest BCUT2D eigenvalue weighted by molar-refractivity contribution is -0.910. The lowest BCUT2D eigenvalue weighted by Gasteiger charge is -2.45. The zero-order chi connectivity index (χ0) is 26.5. The van der Waals surface area contributed by atoms with Crippen molar-refractivity contribution in [2.75, 3.05) is 67.7 Å². The summed E-state index contributed by atoms with van der Waals surface area (Å²) < 4.78 is 26.3. The van der Waals surface area contributed by atoms with Crippen molar-refractivity contribution < 1.29 is 27.9 Å². The molecular formula is C31H44N2O4+2. The summed E-state index contributed by atoms with van der Waals surface area (Å²) in [7, 11) is 8.85. The highest BCUT2D eigenvalue weighted by molar-refractivity contribution is 5.47. The molecule has 37 heavy (non-hydrogen) atoms. The van der Waals surface area contributed by atoms with Crippen molar-refractivity contribution in [3.05, 3.63) is 83.9 Å². The smallest absolute Gasteiger partial charge is 0.207 e. The third-order valence-electron chi connectivity index (χ3n) is 7.24. The van der Waals surface area contributed by atoms with Crippen LogP contribution in [0.2, 0.25) is 0 Å². The van der Waals surface area contributed by atoms with Gasteiger partial charge in [0.2, 0.25) is 12.6 Å². The molecule has 0 aliphatic carbocycles. The van der Waals surface area contributed by atoms with Crippen LogP contribution in [0.4, 0.5) is 0 Å². The molecule has 2 aromatic rings. The van der Waals surface area contributed by atoms with E-state index >= 15 is 0 Å². The quantitative estimate of drug-likeness (QED) is 0.441. The number of likely N-dealkylation sites (N-methyl/N-ethyl adjacent to an activating group) is 2. The summed E-state index contributed by atoms with van der Waals surface area (Å²) in [6.45, 7) is 13.4. The van der Waals surface area contributed by atoms with Gasteiger partial charge >= 0.3 is 0 Å². The first-order chi connectivity index (χ1) is 17.6. The molecule has 0 saturated carbocycles. The number of hydrogen-bond acceptors (Lipinski definition) is 4. The molecule has 2 aliphatic heterocycles. The number of rotatable bonds is 10. The number of quaternary nitrogens is 2. The third kappa shape index (κ3) is 7.84. The summed E-state index contributed by atoms with van der Waals surface area (Å²) in [5.41, 5.74) is 4.62. The Labute approximate surface area is 222 Å². The summed E-state index contributed by atoms with van der Waals surface area (Å²) in [4.78, 5) is 0. The molecule has 2 aliphatic rings. The van der Waals surface area contributed by atoms with E-state index in [1.807, 2.05) is 12.2 Å². The minimum Gasteiger partial charge on any atom is -0.347 e. The molecule has 4 rings (SSSR count). The summed E-state index contributed by atoms with van der Waals surface area (Å²) in [5.74, 6) is 0. The molecule has 0 N–H and O–H groups in total. The van der Waals surface area contributed by atoms with Crippen molar-refractivity contribution >= 4 is 12.2 Å². The summed E-state index contributed by atoms with van der Waals surface area (Å²) in [6.07, 6.45) is 3.28. The fourth-order valence-corrected chi connectivity index (χ4v) is 5.08. The lowest BCUT2D eigenvalue weighted by Crippen LogP contribution is -2.57. The Morgan fingerprint density at radius 3 is 1.27 bits per heavy atom. The maximum absolute atomic E-state index is 6.19. The van der Waals surface area contributed by atoms with E-state index in [1.54, 1.807) is 0 Å². The topological polar surface area (TPSA) is 36.9 Å². The van der Waals surface area contributed by atoms with E-state index in [0.717, 1.165) is 46.3 Å². The first kappa shape index (κ1) is 27.7. The van der Waals surface area contributed by atoms with E-state index < -0.39 is 0 Å². The molecule has 0 amide bonds. The van der Waals surface area contributed by atoms with Crippen molar-refractivity contribution in [3.8, 4) is 0 Å². The van der Waals surface area contributed by atoms with Crippen LogP contribution in [0.1, 0.15) is 22.3 Å². The van der Waals surface area contributed by atoms with Crippen LogP contribution in [0.5, 0.6) is 0 Å². The van der Waals surface area contributed by atoms with Crippen molar-refractivity contribution in [2.24, 2.45) is 5.41 Å². The predicted molar refractivity (Wildman–Crippen MR) is 148 cm³/mol. The summed E-state index contributed by atoms with van der Waals surface area (Å²) in [6, 6.07) is 17.1. The van der Waals surface area contributed by atoms with Gasteiger partial charge in [-0.1, -0.05) is 73.8 Å². The highest BCUT2D eigenvalue weighted by Crippen LogP contribution is 2.31. The Kier molecular flexibility index (Phi) is 8.69. The van der Waals surface area contributed by atoms with Crippen molar-refractivity contribution in [3.63, 3.8) is 0 Å². The second-order valence-electron chi connectivity index (χ2n) is 12.0. The van der Waals surface area contributed by atoms with Gasteiger partial charge in [0.25, 0.3) is 0 Å². The molecular weight excluding hydrogens is 464 g/mol. The Balaban J connectivity index is 1.21. The van der Waals surface area contributed by atoms with E-state index in [1.165, 1.54) is 11.1 Å². The molecule has 0 radical (unpaired) electrons. The number of ether oxygens (including phenoxy) is 4. The largest absolute Gasteiger partial charge is 0.347 e. The molecule has 0 aromatic heterocycles. The van der Waals surface area contributed by atoms with Gasteiger partial charge in [0.05, 0.1) is 60.0 Å². The first-order valence-corrected chi connectivity index (χ1v) is 13.1. The SMILES string of the molecule is C=Cc1ccc(C[N+](C)(C)CC2OCC3(CO2)COC(C[N+](C)(C)Cc2ccc(C=C)cc2)OC3)cc1. The zero-order valence-electron chi connectivity index (χ0n) is 23.0. The van der Waals surface area contributed by atoms with Crippen LogP contribution in [-0.4, -0.2) is 89.3 Å². The monoisotopic (exact) mass is 508 g/mol. The van der Waals surface area contributed by atoms with Crippen LogP contribution >= 0.6 is 0 Å². The average Bonchev–Trinajstić information content (AvgIpc) is 2.87. The van der Waals surface area contributed by atoms with Gasteiger partial charge in [-0.2, -0.15) is 0 Å². The van der Waals surface area contributed by atoms with Gasteiger partial charge in [-0.25, -0.2) is 0 Å². The second kappa shape index (κ2) is 11.6. The molecule has 6 heteroatoms. The second-order valence-corrected chi connectivity index (χ2v) is 12.0. The minimum atomic E-state index is -0.234. The number of hydrogen-bond donors (Lipinski definition) is 0. The molecule has 0 bridgehead atoms. The maximum Gasteiger partial charge on any atom is 0.207 e. The van der Waals surface area contributed by atoms with Crippen molar-refractivity contribution in [1.29, 1.82) is 0 Å². The highest BCUT2D eigenvalue weighted by atomic mass is 16.7.